The molecule has 2 fully saturated rings. The lowest BCUT2D eigenvalue weighted by molar-refractivity contribution is 0.0735. The number of amides is 1. The van der Waals surface area contributed by atoms with Crippen LogP contribution in [0, 0.1) is 19.8 Å². The Morgan fingerprint density at radius 2 is 1.69 bits per heavy atom. The van der Waals surface area contributed by atoms with Crippen molar-refractivity contribution in [1.82, 2.24) is 14.5 Å². The van der Waals surface area contributed by atoms with Crippen molar-refractivity contribution in [1.29, 1.82) is 0 Å². The van der Waals surface area contributed by atoms with E-state index in [4.69, 9.17) is 0 Å². The Kier molecular flexibility index (Phi) is 5.69. The molecule has 1 aromatic carbocycles. The van der Waals surface area contributed by atoms with Gasteiger partial charge in [-0.1, -0.05) is 6.92 Å². The van der Waals surface area contributed by atoms with Gasteiger partial charge < -0.3 is 10.2 Å². The molecule has 0 aliphatic carbocycles. The molecule has 26 heavy (non-hydrogen) atoms. The number of rotatable bonds is 3. The molecule has 0 spiro atoms. The number of nitrogens with zero attached hydrogens (tertiary/aromatic N) is 2. The molecule has 1 aromatic rings. The topological polar surface area (TPSA) is 69.7 Å². The van der Waals surface area contributed by atoms with Gasteiger partial charge in [0, 0.05) is 44.8 Å². The van der Waals surface area contributed by atoms with E-state index >= 15 is 0 Å². The molecule has 2 aliphatic heterocycles. The van der Waals surface area contributed by atoms with Gasteiger partial charge in [-0.05, 0) is 55.9 Å². The van der Waals surface area contributed by atoms with Crippen LogP contribution in [0.4, 0.5) is 0 Å². The normalized spacial score (nSPS) is 20.3. The van der Waals surface area contributed by atoms with Crippen LogP contribution >= 0.6 is 0 Å². The summed E-state index contributed by atoms with van der Waals surface area (Å²) in [5.41, 5.74) is 2.05. The fourth-order valence-corrected chi connectivity index (χ4v) is 5.43. The Balaban J connectivity index is 1.94. The van der Waals surface area contributed by atoms with E-state index in [1.54, 1.807) is 15.3 Å². The van der Waals surface area contributed by atoms with Crippen molar-refractivity contribution in [2.45, 2.75) is 38.5 Å². The zero-order valence-corrected chi connectivity index (χ0v) is 16.7. The molecule has 6 nitrogen and oxygen atoms in total. The Bertz CT molecular complexity index is 777. The van der Waals surface area contributed by atoms with E-state index in [0.717, 1.165) is 37.1 Å². The van der Waals surface area contributed by atoms with Gasteiger partial charge in [0.25, 0.3) is 5.91 Å². The molecule has 2 heterocycles. The van der Waals surface area contributed by atoms with Gasteiger partial charge in [-0.3, -0.25) is 4.79 Å². The molecule has 0 atom stereocenters. The zero-order chi connectivity index (χ0) is 18.9. The first-order chi connectivity index (χ1) is 12.3. The maximum Gasteiger partial charge on any atom is 0.253 e. The quantitative estimate of drug-likeness (QED) is 0.869. The molecule has 0 unspecified atom stereocenters. The van der Waals surface area contributed by atoms with Crippen molar-refractivity contribution in [3.8, 4) is 0 Å². The number of carbonyl (C=O) groups is 1. The molecule has 1 N–H and O–H groups in total. The lowest BCUT2D eigenvalue weighted by atomic mass is 10.0. The first-order valence-electron chi connectivity index (χ1n) is 9.42. The molecule has 0 aromatic heterocycles. The molecular formula is C19H29N3O3S. The number of benzene rings is 1. The number of hydrogen-bond donors (Lipinski definition) is 1. The van der Waals surface area contributed by atoms with Crippen LogP contribution in [-0.2, 0) is 10.0 Å². The maximum atomic E-state index is 13.2. The highest BCUT2D eigenvalue weighted by Gasteiger charge is 2.31. The summed E-state index contributed by atoms with van der Waals surface area (Å²) < 4.78 is 28.0. The standard InChI is InChI=1S/C19H29N3O3S/c1-14-4-8-22(9-5-14)26(24,25)18-13-17(12-15(2)16(18)3)19(23)21-10-6-20-7-11-21/h12-14,20H,4-11H2,1-3H3. The predicted octanol–water partition coefficient (Wildman–Crippen LogP) is 1.77. The molecular weight excluding hydrogens is 350 g/mol. The second kappa shape index (κ2) is 7.66. The van der Waals surface area contributed by atoms with Crippen molar-refractivity contribution in [3.05, 3.63) is 28.8 Å². The van der Waals surface area contributed by atoms with Crippen molar-refractivity contribution in [2.24, 2.45) is 5.92 Å². The van der Waals surface area contributed by atoms with Gasteiger partial charge in [0.15, 0.2) is 0 Å². The van der Waals surface area contributed by atoms with E-state index in [1.807, 2.05) is 19.9 Å². The Morgan fingerprint density at radius 1 is 1.08 bits per heavy atom. The summed E-state index contributed by atoms with van der Waals surface area (Å²) >= 11 is 0. The van der Waals surface area contributed by atoms with Crippen molar-refractivity contribution in [2.75, 3.05) is 39.3 Å². The van der Waals surface area contributed by atoms with E-state index in [9.17, 15) is 13.2 Å². The summed E-state index contributed by atoms with van der Waals surface area (Å²) in [6.45, 7) is 9.81. The lowest BCUT2D eigenvalue weighted by Crippen LogP contribution is -2.46. The number of hydrogen-bond acceptors (Lipinski definition) is 4. The van der Waals surface area contributed by atoms with Crippen molar-refractivity contribution < 1.29 is 13.2 Å². The molecule has 2 aliphatic rings. The Labute approximate surface area is 156 Å². The van der Waals surface area contributed by atoms with Crippen molar-refractivity contribution in [3.63, 3.8) is 0 Å². The van der Waals surface area contributed by atoms with Gasteiger partial charge in [0.1, 0.15) is 0 Å². The minimum atomic E-state index is -3.58. The predicted molar refractivity (Wildman–Crippen MR) is 102 cm³/mol. The van der Waals surface area contributed by atoms with Crippen LogP contribution in [0.1, 0.15) is 41.3 Å². The van der Waals surface area contributed by atoms with E-state index in [0.29, 0.717) is 37.7 Å². The van der Waals surface area contributed by atoms with Crippen LogP contribution in [-0.4, -0.2) is 62.8 Å². The van der Waals surface area contributed by atoms with Gasteiger partial charge in [0.2, 0.25) is 10.0 Å². The summed E-state index contributed by atoms with van der Waals surface area (Å²) in [4.78, 5) is 14.9. The first kappa shape index (κ1) is 19.3. The van der Waals surface area contributed by atoms with Crippen LogP contribution < -0.4 is 5.32 Å². The summed E-state index contributed by atoms with van der Waals surface area (Å²) in [7, 11) is -3.58. The van der Waals surface area contributed by atoms with Crippen molar-refractivity contribution >= 4 is 15.9 Å². The van der Waals surface area contributed by atoms with E-state index in [-0.39, 0.29) is 10.8 Å². The molecule has 3 rings (SSSR count). The number of carbonyl (C=O) groups excluding carboxylic acids is 1. The third kappa shape index (κ3) is 3.80. The van der Waals surface area contributed by atoms with Gasteiger partial charge in [-0.2, -0.15) is 4.31 Å². The molecule has 7 heteroatoms. The number of aryl methyl sites for hydroxylation is 1. The first-order valence-corrected chi connectivity index (χ1v) is 10.9. The van der Waals surface area contributed by atoms with E-state index in [1.165, 1.54) is 0 Å². The monoisotopic (exact) mass is 379 g/mol. The summed E-state index contributed by atoms with van der Waals surface area (Å²) in [5, 5.41) is 3.23. The lowest BCUT2D eigenvalue weighted by Gasteiger charge is -2.31. The summed E-state index contributed by atoms with van der Waals surface area (Å²) in [5.74, 6) is 0.475. The number of sulfonamides is 1. The second-order valence-corrected chi connectivity index (χ2v) is 9.45. The van der Waals surface area contributed by atoms with Gasteiger partial charge in [-0.25, -0.2) is 8.42 Å². The van der Waals surface area contributed by atoms with E-state index < -0.39 is 10.0 Å². The van der Waals surface area contributed by atoms with Crippen LogP contribution in [0.25, 0.3) is 0 Å². The fourth-order valence-electron chi connectivity index (χ4n) is 3.63. The van der Waals surface area contributed by atoms with Crippen LogP contribution in [0.5, 0.6) is 0 Å². The van der Waals surface area contributed by atoms with Crippen LogP contribution in [0.15, 0.2) is 17.0 Å². The molecule has 0 bridgehead atoms. The average molecular weight is 380 g/mol. The zero-order valence-electron chi connectivity index (χ0n) is 15.9. The Morgan fingerprint density at radius 3 is 2.31 bits per heavy atom. The SMILES string of the molecule is Cc1cc(C(=O)N2CCNCC2)cc(S(=O)(=O)N2CCC(C)CC2)c1C. The highest BCUT2D eigenvalue weighted by atomic mass is 32.2. The number of piperidine rings is 1. The summed E-state index contributed by atoms with van der Waals surface area (Å²) in [6.07, 6.45) is 1.77. The third-order valence-corrected chi connectivity index (χ3v) is 7.66. The maximum absolute atomic E-state index is 13.2. The smallest absolute Gasteiger partial charge is 0.253 e. The van der Waals surface area contributed by atoms with Gasteiger partial charge in [0.05, 0.1) is 4.90 Å². The van der Waals surface area contributed by atoms with Gasteiger partial charge >= 0.3 is 0 Å². The van der Waals surface area contributed by atoms with Crippen LogP contribution in [0.2, 0.25) is 0 Å². The molecule has 1 amide bonds. The fraction of sp³-hybridized carbons (Fsp3) is 0.632. The summed E-state index contributed by atoms with van der Waals surface area (Å²) in [6, 6.07) is 3.40. The molecule has 0 saturated carbocycles. The minimum absolute atomic E-state index is 0.0849. The number of piperazine rings is 1. The minimum Gasteiger partial charge on any atom is -0.336 e. The van der Waals surface area contributed by atoms with Crippen LogP contribution in [0.3, 0.4) is 0 Å². The highest BCUT2D eigenvalue weighted by Crippen LogP contribution is 2.28. The molecule has 0 radical (unpaired) electrons. The van der Waals surface area contributed by atoms with Gasteiger partial charge in [-0.15, -0.1) is 0 Å². The molecule has 144 valence electrons. The highest BCUT2D eigenvalue weighted by molar-refractivity contribution is 7.89. The second-order valence-electron chi connectivity index (χ2n) is 7.55. The number of nitrogens with one attached hydrogen (secondary N) is 1. The largest absolute Gasteiger partial charge is 0.336 e. The Hall–Kier alpha value is -1.44. The van der Waals surface area contributed by atoms with E-state index in [2.05, 4.69) is 12.2 Å². The third-order valence-electron chi connectivity index (χ3n) is 5.63. The molecule has 2 saturated heterocycles. The average Bonchev–Trinajstić information content (AvgIpc) is 2.64.